The van der Waals surface area contributed by atoms with Crippen LogP contribution < -0.4 is 4.18 Å². The molecule has 26 heavy (non-hydrogen) atoms. The molecule has 7 nitrogen and oxygen atoms in total. The van der Waals surface area contributed by atoms with E-state index in [0.717, 1.165) is 0 Å². The van der Waals surface area contributed by atoms with Gasteiger partial charge in [-0.1, -0.05) is 6.07 Å². The summed E-state index contributed by atoms with van der Waals surface area (Å²) in [5.41, 5.74) is 0.716. The van der Waals surface area contributed by atoms with Gasteiger partial charge in [0.2, 0.25) is 0 Å². The Morgan fingerprint density at radius 3 is 2.00 bits per heavy atom. The van der Waals surface area contributed by atoms with Gasteiger partial charge in [-0.05, 0) is 58.7 Å². The number of benzene rings is 2. The molecule has 2 aromatic carbocycles. The molecule has 138 valence electrons. The van der Waals surface area contributed by atoms with Crippen molar-refractivity contribution in [1.82, 2.24) is 0 Å². The van der Waals surface area contributed by atoms with Gasteiger partial charge in [-0.2, -0.15) is 8.42 Å². The SMILES string of the molecule is COC(=O)c1ccc(OS(=O)(=O)c2cc(C(=O)OC)ccc2C)c(Br)c1. The standard InChI is InChI=1S/C17H15BrO7S/c1-10-4-5-12(17(20)24-3)9-15(10)26(21,22)25-14-7-6-11(8-13(14)18)16(19)23-2/h4-9H,1-3H3. The van der Waals surface area contributed by atoms with Crippen LogP contribution in [0.1, 0.15) is 26.3 Å². The van der Waals surface area contributed by atoms with Crippen molar-refractivity contribution in [2.45, 2.75) is 11.8 Å². The average Bonchev–Trinajstić information content (AvgIpc) is 2.62. The largest absolute Gasteiger partial charge is 0.465 e. The van der Waals surface area contributed by atoms with Crippen LogP contribution in [0, 0.1) is 6.92 Å². The summed E-state index contributed by atoms with van der Waals surface area (Å²) in [6.07, 6.45) is 0. The molecule has 0 saturated heterocycles. The molecule has 2 rings (SSSR count). The molecule has 2 aromatic rings. The van der Waals surface area contributed by atoms with Crippen LogP contribution in [0.5, 0.6) is 5.75 Å². The summed E-state index contributed by atoms with van der Waals surface area (Å²) in [5, 5.41) is 0. The van der Waals surface area contributed by atoms with Gasteiger partial charge in [0.15, 0.2) is 5.75 Å². The van der Waals surface area contributed by atoms with Crippen LogP contribution in [0.4, 0.5) is 0 Å². The molecular formula is C17H15BrO7S. The molecule has 0 aliphatic rings. The molecule has 0 aromatic heterocycles. The van der Waals surface area contributed by atoms with Crippen LogP contribution >= 0.6 is 15.9 Å². The lowest BCUT2D eigenvalue weighted by Gasteiger charge is -2.12. The van der Waals surface area contributed by atoms with E-state index >= 15 is 0 Å². The van der Waals surface area contributed by atoms with Gasteiger partial charge in [-0.25, -0.2) is 9.59 Å². The van der Waals surface area contributed by atoms with Crippen LogP contribution in [-0.4, -0.2) is 34.6 Å². The lowest BCUT2D eigenvalue weighted by molar-refractivity contribution is 0.0591. The molecule has 0 fully saturated rings. The van der Waals surface area contributed by atoms with Gasteiger partial charge in [0.05, 0.1) is 29.8 Å². The normalized spacial score (nSPS) is 10.9. The molecule has 0 aliphatic carbocycles. The topological polar surface area (TPSA) is 96.0 Å². The summed E-state index contributed by atoms with van der Waals surface area (Å²) in [5.74, 6) is -1.24. The van der Waals surface area contributed by atoms with Crippen LogP contribution in [0.25, 0.3) is 0 Å². The molecule has 0 saturated carbocycles. The van der Waals surface area contributed by atoms with Crippen molar-refractivity contribution in [3.63, 3.8) is 0 Å². The van der Waals surface area contributed by atoms with E-state index in [0.29, 0.717) is 5.56 Å². The van der Waals surface area contributed by atoms with Gasteiger partial charge in [0.25, 0.3) is 0 Å². The van der Waals surface area contributed by atoms with Crippen LogP contribution in [0.3, 0.4) is 0 Å². The number of methoxy groups -OCH3 is 2. The number of halogens is 1. The summed E-state index contributed by atoms with van der Waals surface area (Å²) < 4.78 is 39.9. The van der Waals surface area contributed by atoms with E-state index in [1.165, 1.54) is 50.6 Å². The third-order valence-electron chi connectivity index (χ3n) is 3.43. The Hall–Kier alpha value is -2.39. The smallest absolute Gasteiger partial charge is 0.339 e. The number of aryl methyl sites for hydroxylation is 1. The van der Waals surface area contributed by atoms with Crippen molar-refractivity contribution in [3.05, 3.63) is 57.6 Å². The monoisotopic (exact) mass is 442 g/mol. The predicted octanol–water partition coefficient (Wildman–Crippen LogP) is 3.10. The van der Waals surface area contributed by atoms with E-state index in [-0.39, 0.29) is 26.2 Å². The van der Waals surface area contributed by atoms with Gasteiger partial charge in [-0.15, -0.1) is 0 Å². The summed E-state index contributed by atoms with van der Waals surface area (Å²) in [7, 11) is -1.78. The van der Waals surface area contributed by atoms with Crippen molar-refractivity contribution in [2.75, 3.05) is 14.2 Å². The van der Waals surface area contributed by atoms with Gasteiger partial charge in [0.1, 0.15) is 4.90 Å². The van der Waals surface area contributed by atoms with Crippen molar-refractivity contribution in [2.24, 2.45) is 0 Å². The summed E-state index contributed by atoms with van der Waals surface area (Å²) in [6.45, 7) is 1.58. The second-order valence-electron chi connectivity index (χ2n) is 5.15. The average molecular weight is 443 g/mol. The maximum atomic E-state index is 12.6. The van der Waals surface area contributed by atoms with Gasteiger partial charge in [0, 0.05) is 0 Å². The molecule has 0 radical (unpaired) electrons. The highest BCUT2D eigenvalue weighted by Crippen LogP contribution is 2.30. The fourth-order valence-electron chi connectivity index (χ4n) is 2.09. The van der Waals surface area contributed by atoms with Crippen LogP contribution in [-0.2, 0) is 19.6 Å². The first-order valence-corrected chi connectivity index (χ1v) is 9.41. The lowest BCUT2D eigenvalue weighted by Crippen LogP contribution is -2.13. The molecule has 0 aliphatic heterocycles. The second kappa shape index (κ2) is 7.88. The van der Waals surface area contributed by atoms with E-state index < -0.39 is 22.1 Å². The van der Waals surface area contributed by atoms with Gasteiger partial charge in [-0.3, -0.25) is 0 Å². The summed E-state index contributed by atoms with van der Waals surface area (Å²) >= 11 is 3.17. The molecule has 0 spiro atoms. The zero-order valence-electron chi connectivity index (χ0n) is 14.1. The molecule has 0 heterocycles. The number of hydrogen-bond acceptors (Lipinski definition) is 7. The lowest BCUT2D eigenvalue weighted by atomic mass is 10.1. The maximum absolute atomic E-state index is 12.6. The minimum Gasteiger partial charge on any atom is -0.465 e. The second-order valence-corrected chi connectivity index (χ2v) is 7.52. The molecule has 0 unspecified atom stereocenters. The first-order valence-electron chi connectivity index (χ1n) is 7.21. The van der Waals surface area contributed by atoms with Crippen molar-refractivity contribution in [3.8, 4) is 5.75 Å². The van der Waals surface area contributed by atoms with Crippen molar-refractivity contribution < 1.29 is 31.7 Å². The molecule has 0 atom stereocenters. The Labute approximate surface area is 159 Å². The highest BCUT2D eigenvalue weighted by atomic mass is 79.9. The number of rotatable bonds is 5. The minimum absolute atomic E-state index is 0.0134. The highest BCUT2D eigenvalue weighted by molar-refractivity contribution is 9.10. The minimum atomic E-state index is -4.22. The summed E-state index contributed by atoms with van der Waals surface area (Å²) in [4.78, 5) is 23.0. The third-order valence-corrected chi connectivity index (χ3v) is 5.43. The molecule has 0 N–H and O–H groups in total. The maximum Gasteiger partial charge on any atom is 0.339 e. The van der Waals surface area contributed by atoms with E-state index in [2.05, 4.69) is 25.4 Å². The number of esters is 2. The van der Waals surface area contributed by atoms with Crippen LogP contribution in [0.2, 0.25) is 0 Å². The Balaban J connectivity index is 2.40. The fourth-order valence-corrected chi connectivity index (χ4v) is 3.86. The number of carbonyl (C=O) groups is 2. The van der Waals surface area contributed by atoms with E-state index in [1.807, 2.05) is 0 Å². The van der Waals surface area contributed by atoms with Crippen molar-refractivity contribution in [1.29, 1.82) is 0 Å². The van der Waals surface area contributed by atoms with Gasteiger partial charge < -0.3 is 13.7 Å². The first kappa shape index (κ1) is 19.9. The quantitative estimate of drug-likeness (QED) is 0.518. The third kappa shape index (κ3) is 4.23. The van der Waals surface area contributed by atoms with Gasteiger partial charge >= 0.3 is 22.1 Å². The number of carbonyl (C=O) groups excluding carboxylic acids is 2. The van der Waals surface area contributed by atoms with E-state index in [4.69, 9.17) is 4.18 Å². The molecule has 0 amide bonds. The zero-order chi connectivity index (χ0) is 19.5. The Morgan fingerprint density at radius 2 is 1.46 bits per heavy atom. The first-order chi connectivity index (χ1) is 12.2. The summed E-state index contributed by atoms with van der Waals surface area (Å²) in [6, 6.07) is 8.22. The Bertz CT molecular complexity index is 967. The van der Waals surface area contributed by atoms with Crippen molar-refractivity contribution >= 4 is 38.0 Å². The number of ether oxygens (including phenoxy) is 2. The Kier molecular flexibility index (Phi) is 6.04. The number of hydrogen-bond donors (Lipinski definition) is 0. The van der Waals surface area contributed by atoms with E-state index in [1.54, 1.807) is 6.92 Å². The predicted molar refractivity (Wildman–Crippen MR) is 95.8 cm³/mol. The molecule has 9 heteroatoms. The van der Waals surface area contributed by atoms with E-state index in [9.17, 15) is 18.0 Å². The molecule has 0 bridgehead atoms. The molecular weight excluding hydrogens is 428 g/mol. The highest BCUT2D eigenvalue weighted by Gasteiger charge is 2.23. The Morgan fingerprint density at radius 1 is 0.923 bits per heavy atom. The fraction of sp³-hybridized carbons (Fsp3) is 0.176. The van der Waals surface area contributed by atoms with Crippen LogP contribution in [0.15, 0.2) is 45.8 Å². The zero-order valence-corrected chi connectivity index (χ0v) is 16.5.